The molecule has 0 unspecified atom stereocenters. The Morgan fingerprint density at radius 1 is 1.29 bits per heavy atom. The van der Waals surface area contributed by atoms with E-state index in [1.165, 1.54) is 12.1 Å². The number of aromatic carboxylic acids is 1. The van der Waals surface area contributed by atoms with Crippen molar-refractivity contribution in [1.82, 2.24) is 4.98 Å². The van der Waals surface area contributed by atoms with Crippen LogP contribution in [0.15, 0.2) is 35.3 Å². The van der Waals surface area contributed by atoms with E-state index in [0.717, 1.165) is 25.4 Å². The van der Waals surface area contributed by atoms with Gasteiger partial charge in [-0.3, -0.25) is 4.79 Å². The van der Waals surface area contributed by atoms with Gasteiger partial charge in [-0.15, -0.1) is 0 Å². The highest BCUT2D eigenvalue weighted by atomic mass is 19.1. The molecule has 0 saturated carbocycles. The van der Waals surface area contributed by atoms with Crippen molar-refractivity contribution in [3.63, 3.8) is 0 Å². The van der Waals surface area contributed by atoms with E-state index in [0.29, 0.717) is 0 Å². The van der Waals surface area contributed by atoms with Crippen LogP contribution in [-0.2, 0) is 4.74 Å². The van der Waals surface area contributed by atoms with Crippen LogP contribution in [0.5, 0.6) is 0 Å². The van der Waals surface area contributed by atoms with Crippen molar-refractivity contribution in [3.05, 3.63) is 57.8 Å². The summed E-state index contributed by atoms with van der Waals surface area (Å²) in [7, 11) is 1.12. The molecule has 0 spiro atoms. The average molecular weight is 291 g/mol. The SMILES string of the molecule is COC(=O)c1ccc(-c2cc(C(=O)O)c[nH]c2=O)cc1F. The van der Waals surface area contributed by atoms with Crippen LogP contribution < -0.4 is 5.56 Å². The molecule has 2 aromatic rings. The molecule has 0 fully saturated rings. The summed E-state index contributed by atoms with van der Waals surface area (Å²) in [6, 6.07) is 4.62. The van der Waals surface area contributed by atoms with Crippen LogP contribution in [0.4, 0.5) is 4.39 Å². The Labute approximate surface area is 117 Å². The summed E-state index contributed by atoms with van der Waals surface area (Å²) in [6.45, 7) is 0. The normalized spacial score (nSPS) is 10.2. The molecule has 0 aliphatic rings. The summed E-state index contributed by atoms with van der Waals surface area (Å²) in [6.07, 6.45) is 1.05. The topological polar surface area (TPSA) is 96.5 Å². The molecule has 108 valence electrons. The number of ether oxygens (including phenoxy) is 1. The van der Waals surface area contributed by atoms with E-state index in [1.54, 1.807) is 0 Å². The number of pyridine rings is 1. The quantitative estimate of drug-likeness (QED) is 0.838. The second kappa shape index (κ2) is 5.58. The molecule has 0 atom stereocenters. The van der Waals surface area contributed by atoms with E-state index < -0.39 is 23.3 Å². The van der Waals surface area contributed by atoms with Crippen LogP contribution in [-0.4, -0.2) is 29.1 Å². The molecule has 2 N–H and O–H groups in total. The summed E-state index contributed by atoms with van der Waals surface area (Å²) < 4.78 is 18.2. The molecule has 6 nitrogen and oxygen atoms in total. The van der Waals surface area contributed by atoms with Crippen molar-refractivity contribution in [2.45, 2.75) is 0 Å². The second-order valence-corrected chi connectivity index (χ2v) is 4.12. The third-order valence-corrected chi connectivity index (χ3v) is 2.84. The number of rotatable bonds is 3. The number of esters is 1. The number of nitrogens with one attached hydrogen (secondary N) is 1. The Balaban J connectivity index is 2.55. The molecule has 1 heterocycles. The van der Waals surface area contributed by atoms with E-state index in [4.69, 9.17) is 5.11 Å². The largest absolute Gasteiger partial charge is 0.478 e. The maximum atomic E-state index is 13.8. The standard InChI is InChI=1S/C14H10FNO5/c1-21-14(20)9-3-2-7(5-11(9)15)10-4-8(13(18)19)6-16-12(10)17/h2-6H,1H3,(H,16,17)(H,18,19). The van der Waals surface area contributed by atoms with Crippen molar-refractivity contribution in [1.29, 1.82) is 0 Å². The number of aromatic nitrogens is 1. The molecule has 1 aromatic carbocycles. The highest BCUT2D eigenvalue weighted by Crippen LogP contribution is 2.20. The number of carbonyl (C=O) groups is 2. The summed E-state index contributed by atoms with van der Waals surface area (Å²) in [5.41, 5.74) is -0.825. The van der Waals surface area contributed by atoms with Crippen molar-refractivity contribution >= 4 is 11.9 Å². The molecule has 1 aromatic heterocycles. The number of halogens is 1. The van der Waals surface area contributed by atoms with E-state index in [-0.39, 0.29) is 22.3 Å². The third kappa shape index (κ3) is 2.81. The van der Waals surface area contributed by atoms with Gasteiger partial charge in [-0.25, -0.2) is 14.0 Å². The molecular weight excluding hydrogens is 281 g/mol. The van der Waals surface area contributed by atoms with E-state index in [2.05, 4.69) is 9.72 Å². The first-order valence-electron chi connectivity index (χ1n) is 5.78. The number of carbonyl (C=O) groups excluding carboxylic acids is 1. The number of aromatic amines is 1. The predicted molar refractivity (Wildman–Crippen MR) is 70.8 cm³/mol. The van der Waals surface area contributed by atoms with Gasteiger partial charge in [0.15, 0.2) is 0 Å². The van der Waals surface area contributed by atoms with Gasteiger partial charge in [0.25, 0.3) is 5.56 Å². The van der Waals surface area contributed by atoms with Crippen LogP contribution >= 0.6 is 0 Å². The van der Waals surface area contributed by atoms with Crippen LogP contribution in [0.1, 0.15) is 20.7 Å². The van der Waals surface area contributed by atoms with Gasteiger partial charge in [0, 0.05) is 11.8 Å². The van der Waals surface area contributed by atoms with Crippen LogP contribution in [0.2, 0.25) is 0 Å². The Kier molecular flexibility index (Phi) is 3.84. The van der Waals surface area contributed by atoms with Crippen LogP contribution in [0.25, 0.3) is 11.1 Å². The zero-order valence-electron chi connectivity index (χ0n) is 10.8. The zero-order chi connectivity index (χ0) is 15.6. The van der Waals surface area contributed by atoms with Gasteiger partial charge in [-0.1, -0.05) is 6.07 Å². The summed E-state index contributed by atoms with van der Waals surface area (Å²) >= 11 is 0. The van der Waals surface area contributed by atoms with Gasteiger partial charge in [0.05, 0.1) is 18.2 Å². The lowest BCUT2D eigenvalue weighted by Gasteiger charge is -2.05. The molecule has 7 heteroatoms. The van der Waals surface area contributed by atoms with Gasteiger partial charge in [-0.05, 0) is 23.8 Å². The molecular formula is C14H10FNO5. The number of hydrogen-bond donors (Lipinski definition) is 2. The zero-order valence-corrected chi connectivity index (χ0v) is 10.8. The van der Waals surface area contributed by atoms with E-state index >= 15 is 0 Å². The fourth-order valence-corrected chi connectivity index (χ4v) is 1.78. The summed E-state index contributed by atoms with van der Waals surface area (Å²) in [5.74, 6) is -2.93. The number of benzene rings is 1. The van der Waals surface area contributed by atoms with Gasteiger partial charge < -0.3 is 14.8 Å². The van der Waals surface area contributed by atoms with Crippen molar-refractivity contribution in [2.24, 2.45) is 0 Å². The first-order chi connectivity index (χ1) is 9.93. The van der Waals surface area contributed by atoms with E-state index in [1.807, 2.05) is 0 Å². The lowest BCUT2D eigenvalue weighted by molar-refractivity contribution is 0.0594. The molecule has 0 aliphatic carbocycles. The lowest BCUT2D eigenvalue weighted by Crippen LogP contribution is -2.12. The lowest BCUT2D eigenvalue weighted by atomic mass is 10.0. The fraction of sp³-hybridized carbons (Fsp3) is 0.0714. The minimum absolute atomic E-state index is 0.00906. The number of hydrogen-bond acceptors (Lipinski definition) is 4. The maximum Gasteiger partial charge on any atom is 0.340 e. The molecule has 2 rings (SSSR count). The molecule has 0 amide bonds. The van der Waals surface area contributed by atoms with Gasteiger partial charge in [0.2, 0.25) is 0 Å². The average Bonchev–Trinajstić information content (AvgIpc) is 2.46. The Morgan fingerprint density at radius 3 is 2.57 bits per heavy atom. The van der Waals surface area contributed by atoms with Crippen molar-refractivity contribution < 1.29 is 23.8 Å². The third-order valence-electron chi connectivity index (χ3n) is 2.84. The molecule has 0 bridgehead atoms. The number of carboxylic acid groups (broad SMARTS) is 1. The Hall–Kier alpha value is -2.96. The fourth-order valence-electron chi connectivity index (χ4n) is 1.78. The highest BCUT2D eigenvalue weighted by Gasteiger charge is 2.15. The smallest absolute Gasteiger partial charge is 0.340 e. The van der Waals surface area contributed by atoms with E-state index in [9.17, 15) is 18.8 Å². The molecule has 0 saturated heterocycles. The van der Waals surface area contributed by atoms with Gasteiger partial charge in [0.1, 0.15) is 5.82 Å². The predicted octanol–water partition coefficient (Wildman–Crippen LogP) is 1.67. The molecule has 0 radical (unpaired) electrons. The first-order valence-corrected chi connectivity index (χ1v) is 5.78. The maximum absolute atomic E-state index is 13.8. The first kappa shape index (κ1) is 14.4. The van der Waals surface area contributed by atoms with Gasteiger partial charge in [-0.2, -0.15) is 0 Å². The number of methoxy groups -OCH3 is 1. The minimum Gasteiger partial charge on any atom is -0.478 e. The second-order valence-electron chi connectivity index (χ2n) is 4.12. The highest BCUT2D eigenvalue weighted by molar-refractivity contribution is 5.91. The minimum atomic E-state index is -1.22. The Bertz CT molecular complexity index is 781. The van der Waals surface area contributed by atoms with Crippen LogP contribution in [0.3, 0.4) is 0 Å². The number of carboxylic acids is 1. The van der Waals surface area contributed by atoms with Crippen LogP contribution in [0, 0.1) is 5.82 Å². The van der Waals surface area contributed by atoms with Gasteiger partial charge >= 0.3 is 11.9 Å². The Morgan fingerprint density at radius 2 is 2.00 bits per heavy atom. The summed E-state index contributed by atoms with van der Waals surface area (Å²) in [5, 5.41) is 8.89. The number of H-pyrrole nitrogens is 1. The monoisotopic (exact) mass is 291 g/mol. The van der Waals surface area contributed by atoms with Crippen molar-refractivity contribution in [2.75, 3.05) is 7.11 Å². The molecule has 21 heavy (non-hydrogen) atoms. The molecule has 0 aliphatic heterocycles. The summed E-state index contributed by atoms with van der Waals surface area (Å²) in [4.78, 5) is 36.2. The van der Waals surface area contributed by atoms with Crippen molar-refractivity contribution in [3.8, 4) is 11.1 Å².